The van der Waals surface area contributed by atoms with Crippen LogP contribution in [0.4, 0.5) is 0 Å². The van der Waals surface area contributed by atoms with Crippen LogP contribution in [0.3, 0.4) is 0 Å². The van der Waals surface area contributed by atoms with Gasteiger partial charge in [0, 0.05) is 23.8 Å². The Kier molecular flexibility index (Phi) is 4.81. The molecule has 5 nitrogen and oxygen atoms in total. The summed E-state index contributed by atoms with van der Waals surface area (Å²) in [5.74, 6) is 0.824. The van der Waals surface area contributed by atoms with Gasteiger partial charge in [0.15, 0.2) is 5.69 Å². The van der Waals surface area contributed by atoms with Crippen molar-refractivity contribution < 1.29 is 4.79 Å². The SMILES string of the molecule is CC1CCN(C(C)CNC(=O)c2n[nH]c3c2CCCC3)CC1. The molecule has 2 aliphatic rings. The van der Waals surface area contributed by atoms with Gasteiger partial charge in [0.2, 0.25) is 0 Å². The van der Waals surface area contributed by atoms with E-state index in [2.05, 4.69) is 34.3 Å². The van der Waals surface area contributed by atoms with E-state index in [1.165, 1.54) is 19.3 Å². The molecule has 1 saturated heterocycles. The Morgan fingerprint density at radius 3 is 2.86 bits per heavy atom. The molecule has 5 heteroatoms. The summed E-state index contributed by atoms with van der Waals surface area (Å²) in [6, 6.07) is 0.395. The summed E-state index contributed by atoms with van der Waals surface area (Å²) in [4.78, 5) is 14.9. The predicted octanol–water partition coefficient (Wildman–Crippen LogP) is 2.14. The van der Waals surface area contributed by atoms with Crippen molar-refractivity contribution in [1.29, 1.82) is 0 Å². The number of nitrogens with zero attached hydrogens (tertiary/aromatic N) is 2. The second kappa shape index (κ2) is 6.82. The fourth-order valence-corrected chi connectivity index (χ4v) is 3.59. The minimum absolute atomic E-state index is 0.0170. The maximum atomic E-state index is 12.4. The zero-order valence-corrected chi connectivity index (χ0v) is 13.8. The molecule has 0 aromatic carbocycles. The van der Waals surface area contributed by atoms with Gasteiger partial charge in [-0.1, -0.05) is 6.92 Å². The summed E-state index contributed by atoms with van der Waals surface area (Å²) in [5, 5.41) is 10.4. The number of aryl methyl sites for hydroxylation is 1. The third-order valence-corrected chi connectivity index (χ3v) is 5.27. The molecule has 0 bridgehead atoms. The molecule has 1 fully saturated rings. The van der Waals surface area contributed by atoms with Crippen LogP contribution in [0.1, 0.15) is 61.3 Å². The lowest BCUT2D eigenvalue weighted by atomic mass is 9.95. The number of nitrogens with one attached hydrogen (secondary N) is 2. The van der Waals surface area contributed by atoms with E-state index in [0.717, 1.165) is 49.5 Å². The standard InChI is InChI=1S/C17H28N4O/c1-12-7-9-21(10-8-12)13(2)11-18-17(22)16-14-5-3-4-6-15(14)19-20-16/h12-13H,3-11H2,1-2H3,(H,18,22)(H,19,20). The van der Waals surface area contributed by atoms with Crippen LogP contribution in [0.5, 0.6) is 0 Å². The summed E-state index contributed by atoms with van der Waals surface area (Å²) in [5.41, 5.74) is 2.92. The smallest absolute Gasteiger partial charge is 0.272 e. The lowest BCUT2D eigenvalue weighted by molar-refractivity contribution is 0.0916. The van der Waals surface area contributed by atoms with Crippen LogP contribution in [0, 0.1) is 5.92 Å². The largest absolute Gasteiger partial charge is 0.349 e. The van der Waals surface area contributed by atoms with E-state index in [4.69, 9.17) is 0 Å². The first-order valence-electron chi connectivity index (χ1n) is 8.73. The lowest BCUT2D eigenvalue weighted by Crippen LogP contribution is -2.45. The monoisotopic (exact) mass is 304 g/mol. The van der Waals surface area contributed by atoms with E-state index in [0.29, 0.717) is 18.3 Å². The summed E-state index contributed by atoms with van der Waals surface area (Å²) < 4.78 is 0. The molecule has 1 unspecified atom stereocenters. The normalized spacial score (nSPS) is 21.4. The van der Waals surface area contributed by atoms with Crippen LogP contribution >= 0.6 is 0 Å². The van der Waals surface area contributed by atoms with E-state index in [9.17, 15) is 4.79 Å². The van der Waals surface area contributed by atoms with Crippen LogP contribution in [0.15, 0.2) is 0 Å². The van der Waals surface area contributed by atoms with Crippen molar-refractivity contribution in [3.05, 3.63) is 17.0 Å². The first-order chi connectivity index (χ1) is 10.6. The third-order valence-electron chi connectivity index (χ3n) is 5.27. The van der Waals surface area contributed by atoms with E-state index >= 15 is 0 Å². The van der Waals surface area contributed by atoms with Gasteiger partial charge in [-0.15, -0.1) is 0 Å². The van der Waals surface area contributed by atoms with Crippen molar-refractivity contribution in [3.63, 3.8) is 0 Å². The Labute approximate surface area is 132 Å². The van der Waals surface area contributed by atoms with Gasteiger partial charge in [0.05, 0.1) is 0 Å². The number of rotatable bonds is 4. The van der Waals surface area contributed by atoms with Crippen LogP contribution in [0.25, 0.3) is 0 Å². The molecule has 1 aliphatic carbocycles. The summed E-state index contributed by atoms with van der Waals surface area (Å²) in [6.45, 7) is 7.53. The average molecular weight is 304 g/mol. The second-order valence-electron chi connectivity index (χ2n) is 7.01. The number of carbonyl (C=O) groups excluding carboxylic acids is 1. The highest BCUT2D eigenvalue weighted by molar-refractivity contribution is 5.94. The number of likely N-dealkylation sites (tertiary alicyclic amines) is 1. The van der Waals surface area contributed by atoms with Crippen molar-refractivity contribution in [3.8, 4) is 0 Å². The first-order valence-corrected chi connectivity index (χ1v) is 8.73. The summed E-state index contributed by atoms with van der Waals surface area (Å²) >= 11 is 0. The molecule has 1 aromatic rings. The zero-order valence-electron chi connectivity index (χ0n) is 13.8. The Morgan fingerprint density at radius 1 is 1.36 bits per heavy atom. The fourth-order valence-electron chi connectivity index (χ4n) is 3.59. The van der Waals surface area contributed by atoms with Gasteiger partial charge in [-0.05, 0) is 64.5 Å². The Morgan fingerprint density at radius 2 is 2.09 bits per heavy atom. The van der Waals surface area contributed by atoms with Gasteiger partial charge in [0.25, 0.3) is 5.91 Å². The van der Waals surface area contributed by atoms with Crippen LogP contribution in [0.2, 0.25) is 0 Å². The van der Waals surface area contributed by atoms with Crippen molar-refractivity contribution in [2.75, 3.05) is 19.6 Å². The molecule has 122 valence electrons. The zero-order chi connectivity index (χ0) is 15.5. The third kappa shape index (κ3) is 3.35. The Balaban J connectivity index is 1.53. The highest BCUT2D eigenvalue weighted by atomic mass is 16.1. The first kappa shape index (κ1) is 15.5. The highest BCUT2D eigenvalue weighted by Crippen LogP contribution is 2.22. The van der Waals surface area contributed by atoms with Gasteiger partial charge >= 0.3 is 0 Å². The van der Waals surface area contributed by atoms with Crippen molar-refractivity contribution in [2.45, 2.75) is 58.4 Å². The number of aromatic nitrogens is 2. The minimum atomic E-state index is -0.0170. The molecule has 3 rings (SSSR count). The minimum Gasteiger partial charge on any atom is -0.349 e. The average Bonchev–Trinajstić information content (AvgIpc) is 2.97. The molecule has 2 N–H and O–H groups in total. The number of H-pyrrole nitrogens is 1. The molecule has 1 atom stereocenters. The van der Waals surface area contributed by atoms with Gasteiger partial charge in [-0.3, -0.25) is 14.8 Å². The quantitative estimate of drug-likeness (QED) is 0.896. The van der Waals surface area contributed by atoms with Crippen molar-refractivity contribution >= 4 is 5.91 Å². The summed E-state index contributed by atoms with van der Waals surface area (Å²) in [6.07, 6.45) is 6.90. The second-order valence-corrected chi connectivity index (χ2v) is 7.01. The van der Waals surface area contributed by atoms with Crippen LogP contribution in [-0.2, 0) is 12.8 Å². The van der Waals surface area contributed by atoms with Crippen LogP contribution < -0.4 is 5.32 Å². The molecule has 22 heavy (non-hydrogen) atoms. The molecule has 2 heterocycles. The number of carbonyl (C=O) groups is 1. The number of fused-ring (bicyclic) bond motifs is 1. The van der Waals surface area contributed by atoms with E-state index in [1.54, 1.807) is 0 Å². The number of hydrogen-bond donors (Lipinski definition) is 2. The van der Waals surface area contributed by atoms with Crippen molar-refractivity contribution in [2.24, 2.45) is 5.92 Å². The number of amides is 1. The highest BCUT2D eigenvalue weighted by Gasteiger charge is 2.24. The van der Waals surface area contributed by atoms with E-state index < -0.39 is 0 Å². The lowest BCUT2D eigenvalue weighted by Gasteiger charge is -2.34. The van der Waals surface area contributed by atoms with Gasteiger partial charge in [-0.2, -0.15) is 5.10 Å². The molecule has 1 aromatic heterocycles. The Hall–Kier alpha value is -1.36. The molecular formula is C17H28N4O. The molecule has 0 spiro atoms. The Bertz CT molecular complexity index is 517. The molecular weight excluding hydrogens is 276 g/mol. The predicted molar refractivity (Wildman–Crippen MR) is 87.0 cm³/mol. The molecule has 1 amide bonds. The van der Waals surface area contributed by atoms with E-state index in [-0.39, 0.29) is 5.91 Å². The van der Waals surface area contributed by atoms with E-state index in [1.807, 2.05) is 0 Å². The molecule has 1 aliphatic heterocycles. The fraction of sp³-hybridized carbons (Fsp3) is 0.765. The molecule has 0 radical (unpaired) electrons. The number of aromatic amines is 1. The maximum Gasteiger partial charge on any atom is 0.272 e. The number of piperidine rings is 1. The summed E-state index contributed by atoms with van der Waals surface area (Å²) in [7, 11) is 0. The van der Waals surface area contributed by atoms with Gasteiger partial charge < -0.3 is 5.32 Å². The van der Waals surface area contributed by atoms with Crippen LogP contribution in [-0.4, -0.2) is 46.7 Å². The topological polar surface area (TPSA) is 61.0 Å². The molecule has 0 saturated carbocycles. The van der Waals surface area contributed by atoms with Gasteiger partial charge in [-0.25, -0.2) is 0 Å². The van der Waals surface area contributed by atoms with Gasteiger partial charge in [0.1, 0.15) is 0 Å². The number of hydrogen-bond acceptors (Lipinski definition) is 3. The van der Waals surface area contributed by atoms with Crippen molar-refractivity contribution in [1.82, 2.24) is 20.4 Å². The maximum absolute atomic E-state index is 12.4.